The van der Waals surface area contributed by atoms with Crippen LogP contribution in [-0.2, 0) is 0 Å². The minimum absolute atomic E-state index is 0.129. The maximum atomic E-state index is 11.3. The van der Waals surface area contributed by atoms with E-state index in [2.05, 4.69) is 4.98 Å². The molecule has 1 rings (SSSR count). The number of hydrogen-bond acceptors (Lipinski definition) is 3. The van der Waals surface area contributed by atoms with Gasteiger partial charge in [0.25, 0.3) is 5.56 Å². The first-order valence-electron chi connectivity index (χ1n) is 4.65. The fourth-order valence-corrected chi connectivity index (χ4v) is 1.24. The van der Waals surface area contributed by atoms with Gasteiger partial charge in [-0.15, -0.1) is 0 Å². The largest absolute Gasteiger partial charge is 0.387 e. The van der Waals surface area contributed by atoms with Crippen molar-refractivity contribution in [3.05, 3.63) is 34.2 Å². The van der Waals surface area contributed by atoms with Gasteiger partial charge in [0.1, 0.15) is 0 Å². The van der Waals surface area contributed by atoms with Crippen LogP contribution in [-0.4, -0.2) is 16.1 Å². The van der Waals surface area contributed by atoms with Crippen molar-refractivity contribution in [1.29, 1.82) is 0 Å². The molecule has 0 fully saturated rings. The Kier molecular flexibility index (Phi) is 3.43. The molecule has 0 aromatic carbocycles. The first kappa shape index (κ1) is 10.9. The van der Waals surface area contributed by atoms with Crippen LogP contribution in [0.2, 0.25) is 0 Å². The van der Waals surface area contributed by atoms with Gasteiger partial charge in [-0.3, -0.25) is 4.79 Å². The summed E-state index contributed by atoms with van der Waals surface area (Å²) in [5.41, 5.74) is 5.80. The zero-order valence-electron chi connectivity index (χ0n) is 8.40. The van der Waals surface area contributed by atoms with E-state index in [1.165, 1.54) is 6.20 Å². The van der Waals surface area contributed by atoms with Gasteiger partial charge >= 0.3 is 0 Å². The summed E-state index contributed by atoms with van der Waals surface area (Å²) < 4.78 is 0. The van der Waals surface area contributed by atoms with E-state index in [0.717, 1.165) is 0 Å². The monoisotopic (exact) mass is 196 g/mol. The molecule has 2 unspecified atom stereocenters. The van der Waals surface area contributed by atoms with Crippen LogP contribution in [0.3, 0.4) is 0 Å². The van der Waals surface area contributed by atoms with Crippen LogP contribution in [0.15, 0.2) is 23.1 Å². The average Bonchev–Trinajstić information content (AvgIpc) is 2.16. The number of aromatic nitrogens is 1. The summed E-state index contributed by atoms with van der Waals surface area (Å²) >= 11 is 0. The lowest BCUT2D eigenvalue weighted by Gasteiger charge is -2.21. The van der Waals surface area contributed by atoms with Gasteiger partial charge in [0.2, 0.25) is 0 Å². The van der Waals surface area contributed by atoms with Gasteiger partial charge in [-0.05, 0) is 18.1 Å². The zero-order valence-corrected chi connectivity index (χ0v) is 8.40. The molecule has 4 nitrogen and oxygen atoms in total. The first-order chi connectivity index (χ1) is 6.54. The van der Waals surface area contributed by atoms with E-state index in [-0.39, 0.29) is 11.5 Å². The summed E-state index contributed by atoms with van der Waals surface area (Å²) in [4.78, 5) is 13.8. The second kappa shape index (κ2) is 4.39. The molecule has 4 heteroatoms. The third-order valence-electron chi connectivity index (χ3n) is 2.30. The molecule has 0 aliphatic carbocycles. The SMILES string of the molecule is CC(C)C(N)C(O)c1ccc[nH]c1=O. The first-order valence-corrected chi connectivity index (χ1v) is 4.65. The molecule has 0 bridgehead atoms. The Balaban J connectivity index is 2.95. The van der Waals surface area contributed by atoms with Crippen LogP contribution in [0.5, 0.6) is 0 Å². The molecule has 0 amide bonds. The summed E-state index contributed by atoms with van der Waals surface area (Å²) in [7, 11) is 0. The van der Waals surface area contributed by atoms with Gasteiger partial charge in [-0.25, -0.2) is 0 Å². The maximum Gasteiger partial charge on any atom is 0.253 e. The second-order valence-corrected chi connectivity index (χ2v) is 3.72. The zero-order chi connectivity index (χ0) is 10.7. The number of hydrogen-bond donors (Lipinski definition) is 3. The summed E-state index contributed by atoms with van der Waals surface area (Å²) in [6.45, 7) is 3.82. The van der Waals surface area contributed by atoms with Crippen LogP contribution in [0, 0.1) is 5.92 Å². The molecule has 1 aromatic heterocycles. The van der Waals surface area contributed by atoms with E-state index in [4.69, 9.17) is 5.73 Å². The lowest BCUT2D eigenvalue weighted by Crippen LogP contribution is -2.36. The molecule has 1 aromatic rings. The van der Waals surface area contributed by atoms with Gasteiger partial charge in [-0.1, -0.05) is 13.8 Å². The summed E-state index contributed by atoms with van der Waals surface area (Å²) in [6.07, 6.45) is 0.624. The molecule has 0 saturated carbocycles. The third kappa shape index (κ3) is 2.21. The van der Waals surface area contributed by atoms with E-state index in [0.29, 0.717) is 5.56 Å². The Bertz CT molecular complexity index is 346. The molecule has 0 aliphatic rings. The lowest BCUT2D eigenvalue weighted by atomic mass is 9.95. The normalized spacial score (nSPS) is 15.5. The Labute approximate surface area is 82.8 Å². The van der Waals surface area contributed by atoms with Crippen LogP contribution >= 0.6 is 0 Å². The van der Waals surface area contributed by atoms with E-state index in [1.807, 2.05) is 13.8 Å². The van der Waals surface area contributed by atoms with Crippen molar-refractivity contribution in [3.8, 4) is 0 Å². The van der Waals surface area contributed by atoms with Crippen molar-refractivity contribution in [1.82, 2.24) is 4.98 Å². The number of aromatic amines is 1. The Hall–Kier alpha value is -1.13. The predicted octanol–water partition coefficient (Wildman–Crippen LogP) is 0.392. The molecular formula is C10H16N2O2. The average molecular weight is 196 g/mol. The van der Waals surface area contributed by atoms with Gasteiger partial charge < -0.3 is 15.8 Å². The highest BCUT2D eigenvalue weighted by atomic mass is 16.3. The molecule has 78 valence electrons. The minimum Gasteiger partial charge on any atom is -0.387 e. The minimum atomic E-state index is -0.903. The van der Waals surface area contributed by atoms with Gasteiger partial charge in [0, 0.05) is 17.8 Å². The lowest BCUT2D eigenvalue weighted by molar-refractivity contribution is 0.124. The van der Waals surface area contributed by atoms with Crippen LogP contribution < -0.4 is 11.3 Å². The van der Waals surface area contributed by atoms with E-state index in [1.54, 1.807) is 12.1 Å². The molecule has 0 saturated heterocycles. The van der Waals surface area contributed by atoms with Crippen molar-refractivity contribution in [2.24, 2.45) is 11.7 Å². The molecule has 0 aliphatic heterocycles. The third-order valence-corrected chi connectivity index (χ3v) is 2.30. The topological polar surface area (TPSA) is 79.1 Å². The van der Waals surface area contributed by atoms with Crippen LogP contribution in [0.1, 0.15) is 25.5 Å². The van der Waals surface area contributed by atoms with Crippen LogP contribution in [0.25, 0.3) is 0 Å². The highest BCUT2D eigenvalue weighted by molar-refractivity contribution is 5.14. The van der Waals surface area contributed by atoms with Gasteiger partial charge in [0.05, 0.1) is 6.10 Å². The molecule has 0 radical (unpaired) electrons. The number of aliphatic hydroxyl groups is 1. The number of nitrogens with one attached hydrogen (secondary N) is 1. The molecular weight excluding hydrogens is 180 g/mol. The Morgan fingerprint density at radius 1 is 1.50 bits per heavy atom. The molecule has 0 spiro atoms. The molecule has 1 heterocycles. The standard InChI is InChI=1S/C10H16N2O2/c1-6(2)8(11)9(13)7-4-3-5-12-10(7)14/h3-6,8-9,13H,11H2,1-2H3,(H,12,14). The fourth-order valence-electron chi connectivity index (χ4n) is 1.24. The summed E-state index contributed by atoms with van der Waals surface area (Å²) in [5.74, 6) is 0.129. The van der Waals surface area contributed by atoms with Gasteiger partial charge in [-0.2, -0.15) is 0 Å². The summed E-state index contributed by atoms with van der Waals surface area (Å²) in [5, 5.41) is 9.80. The Morgan fingerprint density at radius 3 is 2.64 bits per heavy atom. The second-order valence-electron chi connectivity index (χ2n) is 3.72. The number of nitrogens with two attached hydrogens (primary N) is 1. The van der Waals surface area contributed by atoms with E-state index >= 15 is 0 Å². The number of aliphatic hydroxyl groups excluding tert-OH is 1. The van der Waals surface area contributed by atoms with Crippen molar-refractivity contribution < 1.29 is 5.11 Å². The fraction of sp³-hybridized carbons (Fsp3) is 0.500. The smallest absolute Gasteiger partial charge is 0.253 e. The van der Waals surface area contributed by atoms with Crippen molar-refractivity contribution in [3.63, 3.8) is 0 Å². The molecule has 4 N–H and O–H groups in total. The predicted molar refractivity (Wildman–Crippen MR) is 54.8 cm³/mol. The van der Waals surface area contributed by atoms with Crippen LogP contribution in [0.4, 0.5) is 0 Å². The van der Waals surface area contributed by atoms with E-state index < -0.39 is 12.1 Å². The molecule has 2 atom stereocenters. The van der Waals surface area contributed by atoms with Gasteiger partial charge in [0.15, 0.2) is 0 Å². The highest BCUT2D eigenvalue weighted by Gasteiger charge is 2.21. The Morgan fingerprint density at radius 2 is 2.14 bits per heavy atom. The number of H-pyrrole nitrogens is 1. The van der Waals surface area contributed by atoms with Crippen molar-refractivity contribution in [2.75, 3.05) is 0 Å². The summed E-state index contributed by atoms with van der Waals surface area (Å²) in [6, 6.07) is 2.84. The van der Waals surface area contributed by atoms with E-state index in [9.17, 15) is 9.90 Å². The highest BCUT2D eigenvalue weighted by Crippen LogP contribution is 2.16. The number of rotatable bonds is 3. The van der Waals surface area contributed by atoms with Crippen molar-refractivity contribution >= 4 is 0 Å². The van der Waals surface area contributed by atoms with Crippen molar-refractivity contribution in [2.45, 2.75) is 26.0 Å². The quantitative estimate of drug-likeness (QED) is 0.654. The number of pyridine rings is 1. The maximum absolute atomic E-state index is 11.3. The molecule has 14 heavy (non-hydrogen) atoms.